The van der Waals surface area contributed by atoms with Crippen molar-refractivity contribution in [2.24, 2.45) is 0 Å². The van der Waals surface area contributed by atoms with Gasteiger partial charge in [-0.2, -0.15) is 0 Å². The van der Waals surface area contributed by atoms with Crippen LogP contribution in [0.4, 0.5) is 0 Å². The second kappa shape index (κ2) is 9.23. The second-order valence-electron chi connectivity index (χ2n) is 6.75. The maximum Gasteiger partial charge on any atom is 0.260 e. The molecule has 1 aliphatic rings. The molecule has 0 aliphatic carbocycles. The van der Waals surface area contributed by atoms with Crippen LogP contribution in [0, 0.1) is 0 Å². The molecule has 0 atom stereocenters. The predicted octanol–water partition coefficient (Wildman–Crippen LogP) is 2.26. The van der Waals surface area contributed by atoms with Gasteiger partial charge in [0.25, 0.3) is 11.8 Å². The van der Waals surface area contributed by atoms with Crippen molar-refractivity contribution < 1.29 is 23.9 Å². The van der Waals surface area contributed by atoms with Crippen LogP contribution in [0.1, 0.15) is 27.6 Å². The van der Waals surface area contributed by atoms with Crippen molar-refractivity contribution in [1.29, 1.82) is 0 Å². The van der Waals surface area contributed by atoms with Gasteiger partial charge in [0.15, 0.2) is 23.9 Å². The van der Waals surface area contributed by atoms with Gasteiger partial charge in [0.05, 0.1) is 7.11 Å². The van der Waals surface area contributed by atoms with E-state index in [1.54, 1.807) is 40.1 Å². The first kappa shape index (κ1) is 20.4. The molecule has 0 N–H and O–H groups in total. The van der Waals surface area contributed by atoms with Crippen LogP contribution in [0.15, 0.2) is 48.5 Å². The number of ether oxygens (including phenoxy) is 2. The molecule has 0 radical (unpaired) electrons. The molecule has 2 aromatic rings. The zero-order chi connectivity index (χ0) is 20.8. The minimum atomic E-state index is -0.158. The molecule has 29 heavy (non-hydrogen) atoms. The van der Waals surface area contributed by atoms with Crippen molar-refractivity contribution in [3.63, 3.8) is 0 Å². The summed E-state index contributed by atoms with van der Waals surface area (Å²) in [5.41, 5.74) is 1.16. The third-order valence-electron chi connectivity index (χ3n) is 4.86. The number of rotatable bonds is 6. The number of nitrogens with zero attached hydrogens (tertiary/aromatic N) is 2. The number of hydrogen-bond donors (Lipinski definition) is 0. The number of amides is 2. The average molecular weight is 396 g/mol. The second-order valence-corrected chi connectivity index (χ2v) is 6.75. The summed E-state index contributed by atoms with van der Waals surface area (Å²) < 4.78 is 10.9. The van der Waals surface area contributed by atoms with Gasteiger partial charge < -0.3 is 19.3 Å². The number of Topliss-reactive ketones (excluding diaryl/α,β-unsaturated/α-hetero) is 1. The average Bonchev–Trinajstić information content (AvgIpc) is 2.77. The normalized spacial score (nSPS) is 13.7. The van der Waals surface area contributed by atoms with Crippen molar-refractivity contribution >= 4 is 17.6 Å². The Morgan fingerprint density at radius 1 is 0.862 bits per heavy atom. The van der Waals surface area contributed by atoms with Gasteiger partial charge in [0, 0.05) is 37.3 Å². The summed E-state index contributed by atoms with van der Waals surface area (Å²) in [6.07, 6.45) is 0. The van der Waals surface area contributed by atoms with Gasteiger partial charge >= 0.3 is 0 Å². The third kappa shape index (κ3) is 4.93. The molecule has 7 heteroatoms. The standard InChI is InChI=1S/C22H24N2O5/c1-16(25)18-8-9-19(20(14-18)28-2)29-15-21(26)23-10-12-24(13-11-23)22(27)17-6-4-3-5-7-17/h3-9,14H,10-13,15H2,1-2H3. The summed E-state index contributed by atoms with van der Waals surface area (Å²) in [6.45, 7) is 3.22. The van der Waals surface area contributed by atoms with E-state index in [4.69, 9.17) is 9.47 Å². The Labute approximate surface area is 169 Å². The number of methoxy groups -OCH3 is 1. The fourth-order valence-electron chi connectivity index (χ4n) is 3.16. The molecule has 0 unspecified atom stereocenters. The molecule has 3 rings (SSSR count). The number of benzene rings is 2. The van der Waals surface area contributed by atoms with Crippen LogP contribution < -0.4 is 9.47 Å². The van der Waals surface area contributed by atoms with Gasteiger partial charge in [0.1, 0.15) is 0 Å². The lowest BCUT2D eigenvalue weighted by atomic mass is 10.1. The van der Waals surface area contributed by atoms with Crippen LogP contribution >= 0.6 is 0 Å². The number of carbonyl (C=O) groups excluding carboxylic acids is 3. The Morgan fingerprint density at radius 2 is 1.52 bits per heavy atom. The summed E-state index contributed by atoms with van der Waals surface area (Å²) in [7, 11) is 1.48. The zero-order valence-corrected chi connectivity index (χ0v) is 16.6. The van der Waals surface area contributed by atoms with Crippen LogP contribution in [0.2, 0.25) is 0 Å². The third-order valence-corrected chi connectivity index (χ3v) is 4.86. The quantitative estimate of drug-likeness (QED) is 0.700. The van der Waals surface area contributed by atoms with Gasteiger partial charge in [-0.05, 0) is 37.3 Å². The lowest BCUT2D eigenvalue weighted by molar-refractivity contribution is -0.134. The molecule has 2 aromatic carbocycles. The SMILES string of the molecule is COc1cc(C(C)=O)ccc1OCC(=O)N1CCN(C(=O)c2ccccc2)CC1. The summed E-state index contributed by atoms with van der Waals surface area (Å²) in [5.74, 6) is 0.556. The van der Waals surface area contributed by atoms with Gasteiger partial charge in [-0.1, -0.05) is 18.2 Å². The minimum absolute atomic E-state index is 0.0238. The van der Waals surface area contributed by atoms with Crippen molar-refractivity contribution in [2.45, 2.75) is 6.92 Å². The highest BCUT2D eigenvalue weighted by molar-refractivity contribution is 5.95. The molecular weight excluding hydrogens is 372 g/mol. The lowest BCUT2D eigenvalue weighted by Crippen LogP contribution is -2.51. The summed E-state index contributed by atoms with van der Waals surface area (Å²) >= 11 is 0. The molecule has 1 fully saturated rings. The molecule has 2 amide bonds. The van der Waals surface area contributed by atoms with E-state index in [0.717, 1.165) is 0 Å². The fraction of sp³-hybridized carbons (Fsp3) is 0.318. The van der Waals surface area contributed by atoms with E-state index in [1.165, 1.54) is 14.0 Å². The Hall–Kier alpha value is -3.35. The summed E-state index contributed by atoms with van der Waals surface area (Å²) in [5, 5.41) is 0. The van der Waals surface area contributed by atoms with Gasteiger partial charge in [-0.3, -0.25) is 14.4 Å². The number of ketones is 1. The predicted molar refractivity (Wildman–Crippen MR) is 107 cm³/mol. The number of carbonyl (C=O) groups is 3. The Bertz CT molecular complexity index is 889. The molecule has 1 saturated heterocycles. The van der Waals surface area contributed by atoms with Crippen molar-refractivity contribution in [2.75, 3.05) is 39.9 Å². The number of hydrogen-bond acceptors (Lipinski definition) is 5. The molecule has 152 valence electrons. The van der Waals surface area contributed by atoms with E-state index in [1.807, 2.05) is 18.2 Å². The minimum Gasteiger partial charge on any atom is -0.493 e. The van der Waals surface area contributed by atoms with Crippen LogP contribution in [-0.4, -0.2) is 67.3 Å². The maximum atomic E-state index is 12.5. The first-order valence-electron chi connectivity index (χ1n) is 9.43. The molecule has 1 heterocycles. The molecule has 1 aliphatic heterocycles. The Morgan fingerprint density at radius 3 is 2.14 bits per heavy atom. The van der Waals surface area contributed by atoms with Crippen molar-refractivity contribution in [3.8, 4) is 11.5 Å². The van der Waals surface area contributed by atoms with Gasteiger partial charge in [-0.25, -0.2) is 0 Å². The van der Waals surface area contributed by atoms with Crippen LogP contribution in [-0.2, 0) is 4.79 Å². The highest BCUT2D eigenvalue weighted by Gasteiger charge is 2.25. The highest BCUT2D eigenvalue weighted by atomic mass is 16.5. The molecule has 0 spiro atoms. The molecule has 0 saturated carbocycles. The molecular formula is C22H24N2O5. The Balaban J connectivity index is 1.53. The monoisotopic (exact) mass is 396 g/mol. The summed E-state index contributed by atoms with van der Waals surface area (Å²) in [4.78, 5) is 39.9. The summed E-state index contributed by atoms with van der Waals surface area (Å²) in [6, 6.07) is 14.0. The molecule has 0 aromatic heterocycles. The van der Waals surface area contributed by atoms with Crippen LogP contribution in [0.3, 0.4) is 0 Å². The van der Waals surface area contributed by atoms with Crippen LogP contribution in [0.5, 0.6) is 11.5 Å². The highest BCUT2D eigenvalue weighted by Crippen LogP contribution is 2.28. The van der Waals surface area contributed by atoms with E-state index in [2.05, 4.69) is 0 Å². The van der Waals surface area contributed by atoms with Gasteiger partial charge in [-0.15, -0.1) is 0 Å². The van der Waals surface area contributed by atoms with E-state index in [-0.39, 0.29) is 24.2 Å². The fourth-order valence-corrected chi connectivity index (χ4v) is 3.16. The van der Waals surface area contributed by atoms with E-state index >= 15 is 0 Å². The first-order chi connectivity index (χ1) is 14.0. The first-order valence-corrected chi connectivity index (χ1v) is 9.43. The topological polar surface area (TPSA) is 76.2 Å². The zero-order valence-electron chi connectivity index (χ0n) is 16.6. The van der Waals surface area contributed by atoms with Crippen LogP contribution in [0.25, 0.3) is 0 Å². The maximum absolute atomic E-state index is 12.5. The van der Waals surface area contributed by atoms with E-state index in [9.17, 15) is 14.4 Å². The molecule has 7 nitrogen and oxygen atoms in total. The smallest absolute Gasteiger partial charge is 0.260 e. The lowest BCUT2D eigenvalue weighted by Gasteiger charge is -2.34. The van der Waals surface area contributed by atoms with E-state index in [0.29, 0.717) is 48.8 Å². The largest absolute Gasteiger partial charge is 0.493 e. The van der Waals surface area contributed by atoms with Gasteiger partial charge in [0.2, 0.25) is 0 Å². The Kier molecular flexibility index (Phi) is 6.49. The van der Waals surface area contributed by atoms with E-state index < -0.39 is 0 Å². The number of piperazine rings is 1. The van der Waals surface area contributed by atoms with Crippen molar-refractivity contribution in [1.82, 2.24) is 9.80 Å². The molecule has 0 bridgehead atoms. The van der Waals surface area contributed by atoms with Crippen molar-refractivity contribution in [3.05, 3.63) is 59.7 Å².